The lowest BCUT2D eigenvalue weighted by molar-refractivity contribution is -0.151. The van der Waals surface area contributed by atoms with Gasteiger partial charge in [0.1, 0.15) is 11.2 Å². The van der Waals surface area contributed by atoms with E-state index < -0.39 is 34.7 Å². The zero-order valence-electron chi connectivity index (χ0n) is 21.2. The third-order valence-electron chi connectivity index (χ3n) is 8.58. The molecule has 37 heavy (non-hydrogen) atoms. The van der Waals surface area contributed by atoms with Crippen LogP contribution in [-0.4, -0.2) is 22.5 Å². The molecule has 8 heteroatoms. The minimum absolute atomic E-state index is 0.0477. The summed E-state index contributed by atoms with van der Waals surface area (Å²) in [5, 5.41) is 19.9. The maximum absolute atomic E-state index is 14.3. The number of fused-ring (bicyclic) bond motifs is 1. The van der Waals surface area contributed by atoms with Crippen molar-refractivity contribution in [3.8, 4) is 0 Å². The summed E-state index contributed by atoms with van der Waals surface area (Å²) in [5.74, 6) is -4.06. The molecular weight excluding hydrogens is 476 g/mol. The number of hydrogen-bond acceptors (Lipinski definition) is 4. The molecule has 2 fully saturated rings. The zero-order chi connectivity index (χ0) is 26.2. The molecule has 2 aromatic carbocycles. The van der Waals surface area contributed by atoms with Crippen LogP contribution < -0.4 is 16.0 Å². The number of carboxylic acid groups (broad SMARTS) is 1. The molecule has 6 nitrogen and oxygen atoms in total. The van der Waals surface area contributed by atoms with Crippen molar-refractivity contribution in [1.82, 2.24) is 5.32 Å². The Morgan fingerprint density at radius 3 is 2.00 bits per heavy atom. The predicted molar refractivity (Wildman–Crippen MR) is 138 cm³/mol. The van der Waals surface area contributed by atoms with E-state index in [0.717, 1.165) is 74.6 Å². The number of anilines is 2. The Balaban J connectivity index is 1.62. The molecule has 1 amide bonds. The van der Waals surface area contributed by atoms with Crippen LogP contribution in [0.3, 0.4) is 0 Å². The Morgan fingerprint density at radius 2 is 1.46 bits per heavy atom. The molecule has 0 aromatic heterocycles. The molecule has 0 spiro atoms. The average Bonchev–Trinajstić information content (AvgIpc) is 3.24. The van der Waals surface area contributed by atoms with Gasteiger partial charge in [0, 0.05) is 12.1 Å². The topological polar surface area (TPSA) is 90.5 Å². The summed E-state index contributed by atoms with van der Waals surface area (Å²) < 4.78 is 28.5. The van der Waals surface area contributed by atoms with E-state index in [2.05, 4.69) is 16.0 Å². The van der Waals surface area contributed by atoms with Crippen molar-refractivity contribution in [1.29, 1.82) is 0 Å². The lowest BCUT2D eigenvalue weighted by Gasteiger charge is -2.45. The van der Waals surface area contributed by atoms with Gasteiger partial charge < -0.3 is 21.1 Å². The normalized spacial score (nSPS) is 21.3. The fraction of sp³-hybridized carbons (Fsp3) is 0.517. The number of carbonyl (C=O) groups is 2. The first-order valence-corrected chi connectivity index (χ1v) is 13.4. The molecule has 1 heterocycles. The molecular formula is C29H35F2N3O3. The predicted octanol–water partition coefficient (Wildman–Crippen LogP) is 6.06. The van der Waals surface area contributed by atoms with Gasteiger partial charge in [0.15, 0.2) is 11.6 Å². The Hall–Kier alpha value is -3.16. The highest BCUT2D eigenvalue weighted by molar-refractivity contribution is 5.91. The third-order valence-corrected chi connectivity index (χ3v) is 8.58. The van der Waals surface area contributed by atoms with E-state index in [1.807, 2.05) is 31.2 Å². The first-order valence-electron chi connectivity index (χ1n) is 13.4. The highest BCUT2D eigenvalue weighted by Gasteiger charge is 2.54. The van der Waals surface area contributed by atoms with Crippen LogP contribution in [0, 0.1) is 30.4 Å². The summed E-state index contributed by atoms with van der Waals surface area (Å²) in [5.41, 5.74) is 0.0420. The summed E-state index contributed by atoms with van der Waals surface area (Å²) in [7, 11) is 0. The van der Waals surface area contributed by atoms with Crippen molar-refractivity contribution in [3.05, 3.63) is 59.2 Å². The van der Waals surface area contributed by atoms with Crippen molar-refractivity contribution >= 4 is 23.3 Å². The van der Waals surface area contributed by atoms with Gasteiger partial charge in [-0.25, -0.2) is 13.6 Å². The first kappa shape index (κ1) is 25.5. The van der Waals surface area contributed by atoms with Crippen molar-refractivity contribution in [2.75, 3.05) is 10.6 Å². The SMILES string of the molecule is Cc1ccc(C2(C(C(=O)NC3(C(=O)O)CCCCC3)C3CCCCC3)Nc3cc(F)c(F)cc3N2)cc1. The van der Waals surface area contributed by atoms with E-state index in [-0.39, 0.29) is 11.8 Å². The number of aliphatic carboxylic acids is 1. The molecule has 4 N–H and O–H groups in total. The number of hydrogen-bond donors (Lipinski definition) is 4. The summed E-state index contributed by atoms with van der Waals surface area (Å²) in [4.78, 5) is 26.8. The second kappa shape index (κ2) is 9.95. The van der Waals surface area contributed by atoms with Crippen molar-refractivity contribution in [2.24, 2.45) is 11.8 Å². The van der Waals surface area contributed by atoms with Gasteiger partial charge in [-0.3, -0.25) is 4.79 Å². The second-order valence-corrected chi connectivity index (χ2v) is 11.0. The number of aryl methyl sites for hydroxylation is 1. The Morgan fingerprint density at radius 1 is 0.919 bits per heavy atom. The highest BCUT2D eigenvalue weighted by atomic mass is 19.2. The lowest BCUT2D eigenvalue weighted by atomic mass is 9.70. The molecule has 2 aromatic rings. The van der Waals surface area contributed by atoms with Crippen molar-refractivity contribution in [3.63, 3.8) is 0 Å². The second-order valence-electron chi connectivity index (χ2n) is 11.0. The van der Waals surface area contributed by atoms with Crippen molar-refractivity contribution in [2.45, 2.75) is 82.3 Å². The zero-order valence-corrected chi connectivity index (χ0v) is 21.2. The van der Waals surface area contributed by atoms with E-state index in [4.69, 9.17) is 0 Å². The first-order chi connectivity index (χ1) is 17.7. The van der Waals surface area contributed by atoms with Crippen LogP contribution in [0.1, 0.15) is 75.3 Å². The van der Waals surface area contributed by atoms with Crippen molar-refractivity contribution < 1.29 is 23.5 Å². The van der Waals surface area contributed by atoms with Gasteiger partial charge in [-0.15, -0.1) is 0 Å². The molecule has 0 radical (unpaired) electrons. The number of benzene rings is 2. The number of amides is 1. The number of rotatable bonds is 6. The average molecular weight is 512 g/mol. The fourth-order valence-corrected chi connectivity index (χ4v) is 6.60. The standard InChI is InChI=1S/C29H35F2N3O3/c1-18-10-12-20(13-11-18)29(32-23-16-21(30)22(31)17-24(23)33-29)25(19-8-4-2-5-9-19)26(35)34-28(27(36)37)14-6-3-7-15-28/h10-13,16-17,19,25,32-33H,2-9,14-15H2,1H3,(H,34,35)(H,36,37). The van der Waals surface area contributed by atoms with E-state index in [9.17, 15) is 23.5 Å². The lowest BCUT2D eigenvalue weighted by Crippen LogP contribution is -2.62. The number of carbonyl (C=O) groups excluding carboxylic acids is 1. The van der Waals surface area contributed by atoms with Gasteiger partial charge in [0.05, 0.1) is 17.3 Å². The summed E-state index contributed by atoms with van der Waals surface area (Å²) in [6, 6.07) is 9.96. The van der Waals surface area contributed by atoms with Crippen LogP contribution in [-0.2, 0) is 15.3 Å². The summed E-state index contributed by atoms with van der Waals surface area (Å²) in [6.45, 7) is 1.97. The van der Waals surface area contributed by atoms with Crippen LogP contribution in [0.5, 0.6) is 0 Å². The maximum atomic E-state index is 14.3. The van der Waals surface area contributed by atoms with Crippen LogP contribution in [0.15, 0.2) is 36.4 Å². The molecule has 0 saturated heterocycles. The smallest absolute Gasteiger partial charge is 0.329 e. The van der Waals surface area contributed by atoms with Crippen LogP contribution in [0.2, 0.25) is 0 Å². The minimum Gasteiger partial charge on any atom is -0.480 e. The quantitative estimate of drug-likeness (QED) is 0.378. The largest absolute Gasteiger partial charge is 0.480 e. The van der Waals surface area contributed by atoms with Gasteiger partial charge in [0.25, 0.3) is 0 Å². The molecule has 2 aliphatic carbocycles. The monoisotopic (exact) mass is 511 g/mol. The van der Waals surface area contributed by atoms with Gasteiger partial charge in [0.2, 0.25) is 5.91 Å². The fourth-order valence-electron chi connectivity index (χ4n) is 6.60. The molecule has 3 aliphatic rings. The Bertz CT molecular complexity index is 1140. The molecule has 5 rings (SSSR count). The molecule has 2 saturated carbocycles. The highest BCUT2D eigenvalue weighted by Crippen LogP contribution is 2.49. The third kappa shape index (κ3) is 4.66. The Labute approximate surface area is 216 Å². The van der Waals surface area contributed by atoms with Crippen LogP contribution in [0.25, 0.3) is 0 Å². The van der Waals surface area contributed by atoms with E-state index in [0.29, 0.717) is 24.2 Å². The summed E-state index contributed by atoms with van der Waals surface area (Å²) >= 11 is 0. The van der Waals surface area contributed by atoms with Gasteiger partial charge in [-0.2, -0.15) is 0 Å². The molecule has 1 aliphatic heterocycles. The molecule has 198 valence electrons. The molecule has 1 unspecified atom stereocenters. The minimum atomic E-state index is -1.31. The van der Waals surface area contributed by atoms with E-state index in [1.54, 1.807) is 0 Å². The van der Waals surface area contributed by atoms with Gasteiger partial charge >= 0.3 is 5.97 Å². The van der Waals surface area contributed by atoms with E-state index >= 15 is 0 Å². The number of nitrogens with one attached hydrogen (secondary N) is 3. The number of halogens is 2. The molecule has 0 bridgehead atoms. The Kier molecular flexibility index (Phi) is 6.86. The van der Waals surface area contributed by atoms with Crippen LogP contribution in [0.4, 0.5) is 20.2 Å². The van der Waals surface area contributed by atoms with Gasteiger partial charge in [-0.05, 0) is 44.1 Å². The number of carboxylic acids is 1. The molecule has 1 atom stereocenters. The van der Waals surface area contributed by atoms with Gasteiger partial charge in [-0.1, -0.05) is 68.4 Å². The van der Waals surface area contributed by atoms with E-state index in [1.165, 1.54) is 0 Å². The van der Waals surface area contributed by atoms with Crippen LogP contribution >= 0.6 is 0 Å². The maximum Gasteiger partial charge on any atom is 0.329 e. The summed E-state index contributed by atoms with van der Waals surface area (Å²) in [6.07, 6.45) is 7.86.